The van der Waals surface area contributed by atoms with Crippen LogP contribution in [0.2, 0.25) is 0 Å². The maximum Gasteiger partial charge on any atom is 0.223 e. The summed E-state index contributed by atoms with van der Waals surface area (Å²) in [5.74, 6) is 2.50. The monoisotopic (exact) mass is 287 g/mol. The second-order valence-corrected chi connectivity index (χ2v) is 6.11. The maximum atomic E-state index is 11.8. The van der Waals surface area contributed by atoms with E-state index in [4.69, 9.17) is 0 Å². The predicted octanol–water partition coefficient (Wildman–Crippen LogP) is 3.10. The van der Waals surface area contributed by atoms with Crippen molar-refractivity contribution >= 4 is 21.8 Å². The van der Waals surface area contributed by atoms with Gasteiger partial charge in [-0.3, -0.25) is 4.79 Å². The maximum absolute atomic E-state index is 11.8. The van der Waals surface area contributed by atoms with Gasteiger partial charge in [-0.25, -0.2) is 0 Å². The fourth-order valence-corrected chi connectivity index (χ4v) is 3.25. The molecule has 0 bridgehead atoms. The Balaban J connectivity index is 1.48. The van der Waals surface area contributed by atoms with Gasteiger partial charge in [-0.15, -0.1) is 0 Å². The number of unbranched alkanes of at least 4 members (excludes halogenated alkanes) is 3. The van der Waals surface area contributed by atoms with Crippen molar-refractivity contribution in [3.63, 3.8) is 0 Å². The smallest absolute Gasteiger partial charge is 0.223 e. The third-order valence-electron chi connectivity index (χ3n) is 3.97. The number of fused-ring (bicyclic) bond motifs is 1. The highest BCUT2D eigenvalue weighted by atomic mass is 79.9. The topological polar surface area (TPSA) is 29.1 Å². The zero-order chi connectivity index (χ0) is 11.4. The number of alkyl halides is 1. The molecule has 2 aliphatic carbocycles. The summed E-state index contributed by atoms with van der Waals surface area (Å²) in [5.41, 5.74) is 0. The summed E-state index contributed by atoms with van der Waals surface area (Å²) in [4.78, 5) is 11.8. The summed E-state index contributed by atoms with van der Waals surface area (Å²) in [7, 11) is 0. The Labute approximate surface area is 107 Å². The van der Waals surface area contributed by atoms with Gasteiger partial charge in [-0.2, -0.15) is 0 Å². The van der Waals surface area contributed by atoms with Crippen molar-refractivity contribution in [2.75, 3.05) is 11.9 Å². The van der Waals surface area contributed by atoms with E-state index in [1.807, 2.05) is 0 Å². The molecule has 2 nitrogen and oxygen atoms in total. The summed E-state index contributed by atoms with van der Waals surface area (Å²) in [6.07, 6.45) is 8.63. The zero-order valence-corrected chi connectivity index (χ0v) is 11.5. The number of carbonyl (C=O) groups excluding carboxylic acids is 1. The third-order valence-corrected chi connectivity index (χ3v) is 4.53. The van der Waals surface area contributed by atoms with Crippen LogP contribution in [0.1, 0.15) is 44.9 Å². The van der Waals surface area contributed by atoms with E-state index in [0.29, 0.717) is 11.8 Å². The Bertz CT molecular complexity index is 234. The van der Waals surface area contributed by atoms with Gasteiger partial charge in [0.15, 0.2) is 0 Å². The third kappa shape index (κ3) is 3.47. The number of rotatable bonds is 7. The van der Waals surface area contributed by atoms with Crippen molar-refractivity contribution < 1.29 is 4.79 Å². The molecule has 1 N–H and O–H groups in total. The molecule has 16 heavy (non-hydrogen) atoms. The summed E-state index contributed by atoms with van der Waals surface area (Å²) in [6.45, 7) is 0.882. The minimum atomic E-state index is 0.327. The molecule has 2 aliphatic rings. The molecule has 0 radical (unpaired) electrons. The van der Waals surface area contributed by atoms with Crippen LogP contribution in [0.25, 0.3) is 0 Å². The van der Waals surface area contributed by atoms with E-state index < -0.39 is 0 Å². The van der Waals surface area contributed by atoms with Crippen molar-refractivity contribution in [1.29, 1.82) is 0 Å². The molecule has 2 unspecified atom stereocenters. The van der Waals surface area contributed by atoms with E-state index in [2.05, 4.69) is 21.2 Å². The zero-order valence-electron chi connectivity index (χ0n) is 9.88. The van der Waals surface area contributed by atoms with Crippen LogP contribution in [0, 0.1) is 17.8 Å². The van der Waals surface area contributed by atoms with Gasteiger partial charge in [-0.1, -0.05) is 28.8 Å². The first-order valence-corrected chi connectivity index (χ1v) is 7.77. The second kappa shape index (κ2) is 6.04. The van der Waals surface area contributed by atoms with Crippen molar-refractivity contribution in [3.8, 4) is 0 Å². The normalized spacial score (nSPS) is 31.2. The quantitative estimate of drug-likeness (QED) is 0.566. The summed E-state index contributed by atoms with van der Waals surface area (Å²) < 4.78 is 0. The number of carbonyl (C=O) groups is 1. The van der Waals surface area contributed by atoms with E-state index >= 15 is 0 Å². The summed E-state index contributed by atoms with van der Waals surface area (Å²) in [5, 5.41) is 4.19. The number of hydrogen-bond acceptors (Lipinski definition) is 1. The van der Waals surface area contributed by atoms with Gasteiger partial charge in [0.25, 0.3) is 0 Å². The average Bonchev–Trinajstić information content (AvgIpc) is 2.90. The SMILES string of the molecule is O=C(NCCCCCCBr)C1CC2CC2C1. The van der Waals surface area contributed by atoms with E-state index in [1.54, 1.807) is 0 Å². The molecule has 0 aromatic carbocycles. The lowest BCUT2D eigenvalue weighted by atomic mass is 10.0. The van der Waals surface area contributed by atoms with Gasteiger partial charge >= 0.3 is 0 Å². The Morgan fingerprint density at radius 2 is 1.75 bits per heavy atom. The molecular formula is C13H22BrNO. The van der Waals surface area contributed by atoms with Crippen molar-refractivity contribution in [3.05, 3.63) is 0 Å². The van der Waals surface area contributed by atoms with Crippen LogP contribution in [-0.2, 0) is 4.79 Å². The number of hydrogen-bond donors (Lipinski definition) is 1. The highest BCUT2D eigenvalue weighted by molar-refractivity contribution is 9.09. The van der Waals surface area contributed by atoms with Gasteiger partial charge in [-0.05, 0) is 43.9 Å². The van der Waals surface area contributed by atoms with Crippen LogP contribution in [0.4, 0.5) is 0 Å². The predicted molar refractivity (Wildman–Crippen MR) is 69.6 cm³/mol. The van der Waals surface area contributed by atoms with E-state index in [9.17, 15) is 4.79 Å². The number of halogens is 1. The minimum absolute atomic E-state index is 0.327. The first kappa shape index (κ1) is 12.4. The van der Waals surface area contributed by atoms with Gasteiger partial charge in [0.05, 0.1) is 0 Å². The molecule has 2 rings (SSSR count). The lowest BCUT2D eigenvalue weighted by Crippen LogP contribution is -2.30. The lowest BCUT2D eigenvalue weighted by Gasteiger charge is -2.11. The Hall–Kier alpha value is -0.0500. The van der Waals surface area contributed by atoms with Crippen molar-refractivity contribution in [1.82, 2.24) is 5.32 Å². The van der Waals surface area contributed by atoms with Crippen LogP contribution in [0.3, 0.4) is 0 Å². The Kier molecular flexibility index (Phi) is 4.68. The van der Waals surface area contributed by atoms with Crippen LogP contribution in [0.15, 0.2) is 0 Å². The molecule has 2 fully saturated rings. The van der Waals surface area contributed by atoms with Crippen LogP contribution < -0.4 is 5.32 Å². The van der Waals surface area contributed by atoms with E-state index in [-0.39, 0.29) is 0 Å². The molecule has 0 saturated heterocycles. The molecular weight excluding hydrogens is 266 g/mol. The van der Waals surface area contributed by atoms with Crippen LogP contribution in [0.5, 0.6) is 0 Å². The number of nitrogens with one attached hydrogen (secondary N) is 1. The molecule has 2 atom stereocenters. The largest absolute Gasteiger partial charge is 0.356 e. The first-order valence-electron chi connectivity index (χ1n) is 6.65. The van der Waals surface area contributed by atoms with Crippen LogP contribution >= 0.6 is 15.9 Å². The van der Waals surface area contributed by atoms with Crippen molar-refractivity contribution in [2.45, 2.75) is 44.9 Å². The highest BCUT2D eigenvalue weighted by Gasteiger charge is 2.47. The molecule has 0 spiro atoms. The molecule has 0 aromatic heterocycles. The highest BCUT2D eigenvalue weighted by Crippen LogP contribution is 2.54. The van der Waals surface area contributed by atoms with Crippen molar-refractivity contribution in [2.24, 2.45) is 17.8 Å². The number of amides is 1. The molecule has 92 valence electrons. The minimum Gasteiger partial charge on any atom is -0.356 e. The standard InChI is InChI=1S/C13H22BrNO/c14-5-3-1-2-4-6-15-13(16)12-8-10-7-11(10)9-12/h10-12H,1-9H2,(H,15,16). The molecule has 0 aromatic rings. The molecule has 3 heteroatoms. The van der Waals surface area contributed by atoms with Gasteiger partial charge in [0, 0.05) is 17.8 Å². The Morgan fingerprint density at radius 1 is 1.06 bits per heavy atom. The van der Waals surface area contributed by atoms with Crippen LogP contribution in [-0.4, -0.2) is 17.8 Å². The van der Waals surface area contributed by atoms with Gasteiger partial charge in [0.2, 0.25) is 5.91 Å². The van der Waals surface area contributed by atoms with Gasteiger partial charge in [0.1, 0.15) is 0 Å². The molecule has 0 heterocycles. The van der Waals surface area contributed by atoms with E-state index in [0.717, 1.165) is 30.1 Å². The molecule has 0 aliphatic heterocycles. The first-order chi connectivity index (χ1) is 7.81. The van der Waals surface area contributed by atoms with Gasteiger partial charge < -0.3 is 5.32 Å². The van der Waals surface area contributed by atoms with E-state index in [1.165, 1.54) is 38.5 Å². The Morgan fingerprint density at radius 3 is 2.44 bits per heavy atom. The second-order valence-electron chi connectivity index (χ2n) is 5.32. The fourth-order valence-electron chi connectivity index (χ4n) is 2.86. The fraction of sp³-hybridized carbons (Fsp3) is 0.923. The summed E-state index contributed by atoms with van der Waals surface area (Å²) in [6, 6.07) is 0. The molecule has 1 amide bonds. The average molecular weight is 288 g/mol. The summed E-state index contributed by atoms with van der Waals surface area (Å²) >= 11 is 3.43. The lowest BCUT2D eigenvalue weighted by molar-refractivity contribution is -0.125. The molecule has 2 saturated carbocycles.